The fourth-order valence-electron chi connectivity index (χ4n) is 0.532. The second kappa shape index (κ2) is 5.39. The van der Waals surface area contributed by atoms with Crippen molar-refractivity contribution in [2.45, 2.75) is 26.2 Å². The van der Waals surface area contributed by atoms with Crippen molar-refractivity contribution in [1.82, 2.24) is 0 Å². The van der Waals surface area contributed by atoms with Crippen molar-refractivity contribution in [3.8, 4) is 0 Å². The van der Waals surface area contributed by atoms with Gasteiger partial charge in [0.15, 0.2) is 11.7 Å². The van der Waals surface area contributed by atoms with E-state index in [-0.39, 0.29) is 0 Å². The standard InChI is InChI=1S/C7H12O2/c1-3-4-5-7(6-8)9-2/h3-5H2,1-2H3. The van der Waals surface area contributed by atoms with Crippen LogP contribution in [0.25, 0.3) is 0 Å². The molecule has 9 heavy (non-hydrogen) atoms. The monoisotopic (exact) mass is 128 g/mol. The molecule has 0 aromatic carbocycles. The molecule has 0 saturated heterocycles. The summed E-state index contributed by atoms with van der Waals surface area (Å²) in [7, 11) is 1.50. The number of hydrogen-bond donors (Lipinski definition) is 0. The van der Waals surface area contributed by atoms with Crippen LogP contribution in [0, 0.1) is 0 Å². The maximum absolute atomic E-state index is 9.95. The Kier molecular flexibility index (Phi) is 4.94. The van der Waals surface area contributed by atoms with Crippen LogP contribution in [0.5, 0.6) is 0 Å². The van der Waals surface area contributed by atoms with Crippen molar-refractivity contribution in [2.75, 3.05) is 7.11 Å². The number of methoxy groups -OCH3 is 1. The molecule has 0 saturated carbocycles. The summed E-state index contributed by atoms with van der Waals surface area (Å²) >= 11 is 0. The molecule has 0 aromatic rings. The molecule has 0 radical (unpaired) electrons. The van der Waals surface area contributed by atoms with Crippen LogP contribution in [0.2, 0.25) is 0 Å². The van der Waals surface area contributed by atoms with Gasteiger partial charge in [-0.25, -0.2) is 4.79 Å². The maximum atomic E-state index is 9.95. The molecule has 0 aliphatic heterocycles. The highest BCUT2D eigenvalue weighted by molar-refractivity contribution is 5.49. The number of unbranched alkanes of at least 4 members (excludes halogenated alkanes) is 1. The van der Waals surface area contributed by atoms with E-state index in [1.165, 1.54) is 7.11 Å². The van der Waals surface area contributed by atoms with Gasteiger partial charge in [0.1, 0.15) is 0 Å². The zero-order valence-corrected chi connectivity index (χ0v) is 5.94. The summed E-state index contributed by atoms with van der Waals surface area (Å²) in [6.07, 6.45) is 2.80. The lowest BCUT2D eigenvalue weighted by molar-refractivity contribution is 0.278. The molecule has 0 atom stereocenters. The first-order valence-electron chi connectivity index (χ1n) is 3.13. The first-order chi connectivity index (χ1) is 4.35. The van der Waals surface area contributed by atoms with Gasteiger partial charge in [-0.1, -0.05) is 13.3 Å². The Morgan fingerprint density at radius 1 is 1.67 bits per heavy atom. The highest BCUT2D eigenvalue weighted by Gasteiger charge is 1.93. The van der Waals surface area contributed by atoms with Gasteiger partial charge in [0, 0.05) is 6.42 Å². The van der Waals surface area contributed by atoms with Crippen LogP contribution in [0.1, 0.15) is 26.2 Å². The highest BCUT2D eigenvalue weighted by atomic mass is 16.5. The first kappa shape index (κ1) is 8.25. The molecule has 0 N–H and O–H groups in total. The molecular weight excluding hydrogens is 116 g/mol. The van der Waals surface area contributed by atoms with Crippen LogP contribution in [-0.2, 0) is 9.53 Å². The largest absolute Gasteiger partial charge is 0.490 e. The number of allylic oxidation sites excluding steroid dienone is 1. The van der Waals surface area contributed by atoms with Crippen molar-refractivity contribution in [3.63, 3.8) is 0 Å². The summed E-state index contributed by atoms with van der Waals surface area (Å²) in [6, 6.07) is 0. The number of ether oxygens (including phenoxy) is 1. The van der Waals surface area contributed by atoms with Crippen LogP contribution < -0.4 is 0 Å². The minimum Gasteiger partial charge on any atom is -0.490 e. The van der Waals surface area contributed by atoms with Gasteiger partial charge in [-0.15, -0.1) is 0 Å². The summed E-state index contributed by atoms with van der Waals surface area (Å²) in [6.45, 7) is 2.07. The minimum atomic E-state index is 0.428. The third kappa shape index (κ3) is 3.80. The molecule has 0 fully saturated rings. The normalized spacial score (nSPS) is 8.22. The Morgan fingerprint density at radius 3 is 2.67 bits per heavy atom. The second-order valence-electron chi connectivity index (χ2n) is 1.83. The fraction of sp³-hybridized carbons (Fsp3) is 0.714. The molecule has 0 aromatic heterocycles. The maximum Gasteiger partial charge on any atom is 0.179 e. The summed E-state index contributed by atoms with van der Waals surface area (Å²) in [5, 5.41) is 0. The quantitative estimate of drug-likeness (QED) is 0.424. The summed E-state index contributed by atoms with van der Waals surface area (Å²) in [5.41, 5.74) is 0. The van der Waals surface area contributed by atoms with Gasteiger partial charge in [-0.3, -0.25) is 0 Å². The predicted octanol–water partition coefficient (Wildman–Crippen LogP) is 1.54. The van der Waals surface area contributed by atoms with Crippen LogP contribution in [0.15, 0.2) is 5.76 Å². The average molecular weight is 128 g/mol. The molecule has 0 bridgehead atoms. The van der Waals surface area contributed by atoms with Gasteiger partial charge in [0.2, 0.25) is 0 Å². The lowest BCUT2D eigenvalue weighted by Crippen LogP contribution is -1.86. The second-order valence-corrected chi connectivity index (χ2v) is 1.83. The van der Waals surface area contributed by atoms with Crippen molar-refractivity contribution in [1.29, 1.82) is 0 Å². The van der Waals surface area contributed by atoms with E-state index in [9.17, 15) is 4.79 Å². The van der Waals surface area contributed by atoms with Gasteiger partial charge < -0.3 is 4.74 Å². The summed E-state index contributed by atoms with van der Waals surface area (Å²) < 4.78 is 4.69. The molecule has 0 heterocycles. The smallest absolute Gasteiger partial charge is 0.179 e. The van der Waals surface area contributed by atoms with Crippen LogP contribution in [0.3, 0.4) is 0 Å². The molecule has 0 amide bonds. The third-order valence-electron chi connectivity index (χ3n) is 1.12. The predicted molar refractivity (Wildman–Crippen MR) is 35.7 cm³/mol. The van der Waals surface area contributed by atoms with Crippen molar-refractivity contribution >= 4 is 5.94 Å². The number of carbonyl (C=O) groups excluding carboxylic acids is 1. The van der Waals surface area contributed by atoms with Crippen LogP contribution >= 0.6 is 0 Å². The lowest BCUT2D eigenvalue weighted by atomic mass is 10.2. The van der Waals surface area contributed by atoms with E-state index in [1.807, 2.05) is 0 Å². The van der Waals surface area contributed by atoms with E-state index in [4.69, 9.17) is 4.74 Å². The zero-order chi connectivity index (χ0) is 7.11. The van der Waals surface area contributed by atoms with Gasteiger partial charge in [0.25, 0.3) is 0 Å². The molecule has 0 aliphatic carbocycles. The Bertz CT molecular complexity index is 112. The Balaban J connectivity index is 3.45. The fourth-order valence-corrected chi connectivity index (χ4v) is 0.532. The van der Waals surface area contributed by atoms with Crippen molar-refractivity contribution in [3.05, 3.63) is 5.76 Å². The molecule has 0 unspecified atom stereocenters. The van der Waals surface area contributed by atoms with E-state index in [1.54, 1.807) is 5.94 Å². The molecular formula is C7H12O2. The summed E-state index contributed by atoms with van der Waals surface area (Å²) in [5.74, 6) is 2.16. The van der Waals surface area contributed by atoms with E-state index >= 15 is 0 Å². The first-order valence-corrected chi connectivity index (χ1v) is 3.13. The minimum absolute atomic E-state index is 0.428. The molecule has 2 nitrogen and oxygen atoms in total. The SMILES string of the molecule is CCCCC(=C=O)OC. The van der Waals surface area contributed by atoms with Gasteiger partial charge in [-0.2, -0.15) is 0 Å². The van der Waals surface area contributed by atoms with Crippen molar-refractivity contribution < 1.29 is 9.53 Å². The zero-order valence-electron chi connectivity index (χ0n) is 5.94. The topological polar surface area (TPSA) is 26.3 Å². The molecule has 0 rings (SSSR count). The average Bonchev–Trinajstić information content (AvgIpc) is 1.91. The van der Waals surface area contributed by atoms with E-state index in [0.29, 0.717) is 5.76 Å². The van der Waals surface area contributed by atoms with E-state index < -0.39 is 0 Å². The highest BCUT2D eigenvalue weighted by Crippen LogP contribution is 2.02. The van der Waals surface area contributed by atoms with Gasteiger partial charge >= 0.3 is 0 Å². The van der Waals surface area contributed by atoms with Crippen molar-refractivity contribution in [2.24, 2.45) is 0 Å². The van der Waals surface area contributed by atoms with E-state index in [2.05, 4.69) is 6.92 Å². The van der Waals surface area contributed by atoms with Crippen LogP contribution in [0.4, 0.5) is 0 Å². The lowest BCUT2D eigenvalue weighted by Gasteiger charge is -1.97. The Hall–Kier alpha value is -0.750. The van der Waals surface area contributed by atoms with Crippen LogP contribution in [-0.4, -0.2) is 13.1 Å². The molecule has 0 spiro atoms. The molecule has 52 valence electrons. The van der Waals surface area contributed by atoms with Gasteiger partial charge in [-0.05, 0) is 6.42 Å². The Labute approximate surface area is 55.5 Å². The Morgan fingerprint density at radius 2 is 2.33 bits per heavy atom. The summed E-state index contributed by atoms with van der Waals surface area (Å²) in [4.78, 5) is 9.95. The number of rotatable bonds is 4. The molecule has 0 aliphatic rings. The number of hydrogen-bond acceptors (Lipinski definition) is 2. The van der Waals surface area contributed by atoms with Gasteiger partial charge in [0.05, 0.1) is 7.11 Å². The van der Waals surface area contributed by atoms with E-state index in [0.717, 1.165) is 19.3 Å². The third-order valence-corrected chi connectivity index (χ3v) is 1.12. The molecule has 2 heteroatoms.